The van der Waals surface area contributed by atoms with E-state index >= 15 is 0 Å². The van der Waals surface area contributed by atoms with Crippen molar-refractivity contribution in [2.45, 2.75) is 69.3 Å². The number of aliphatic hydroxyl groups excluding tert-OH is 2. The van der Waals surface area contributed by atoms with E-state index in [0.29, 0.717) is 66.7 Å². The molecule has 0 spiro atoms. The molecule has 1 aromatic heterocycles. The maximum Gasteiger partial charge on any atom is 0.361 e. The molecule has 0 radical (unpaired) electrons. The number of benzene rings is 2. The lowest BCUT2D eigenvalue weighted by atomic mass is 9.55. The van der Waals surface area contributed by atoms with Gasteiger partial charge in [-0.3, -0.25) is 10.1 Å². The number of unbranched alkanes of at least 4 members (excludes halogenated alkanes) is 2. The standard InChI is InChI=1S/C37H43N5O12/c1-51-35(46)33-34(36(47)52-2)41(40-38-33)30-19-28(39-53-20-21-9-11-23(12-10-21)42(49)50)26-17-22(7-3-5-15-43)25(8-4-6-16-44)31-27-18-24(45)13-14-29(27)54-37(30,48)32(26)31/h9-14,17-18,22,25,30-32,43-45,48H,3-8,15-16,19-20H2,1-2H3. The Hall–Kier alpha value is -5.39. The van der Waals surface area contributed by atoms with E-state index in [9.17, 15) is 40.1 Å². The SMILES string of the molecule is COC(=O)c1nnn(C2CC(=NOCc3ccc([N+](=O)[O-])cc3)C3=CC(CCCCO)C(CCCCO)C4c5cc(O)ccc5OC2(O)C34)c1C(=O)OC. The summed E-state index contributed by atoms with van der Waals surface area (Å²) < 4.78 is 17.5. The zero-order valence-electron chi connectivity index (χ0n) is 29.9. The quantitative estimate of drug-likeness (QED) is 0.0745. The van der Waals surface area contributed by atoms with Crippen LogP contribution in [0.5, 0.6) is 11.5 Å². The minimum Gasteiger partial charge on any atom is -0.508 e. The highest BCUT2D eigenvalue weighted by atomic mass is 16.6. The molecule has 17 heteroatoms. The summed E-state index contributed by atoms with van der Waals surface area (Å²) in [7, 11) is 2.25. The average molecular weight is 750 g/mol. The first-order valence-corrected chi connectivity index (χ1v) is 17.8. The number of phenols is 1. The van der Waals surface area contributed by atoms with Gasteiger partial charge in [-0.05, 0) is 79.0 Å². The van der Waals surface area contributed by atoms with Crippen molar-refractivity contribution in [2.75, 3.05) is 27.4 Å². The van der Waals surface area contributed by atoms with Crippen LogP contribution >= 0.6 is 0 Å². The molecule has 1 fully saturated rings. The van der Waals surface area contributed by atoms with Gasteiger partial charge in [0, 0.05) is 43.2 Å². The second-order valence-corrected chi connectivity index (χ2v) is 13.6. The van der Waals surface area contributed by atoms with Crippen LogP contribution < -0.4 is 4.74 Å². The number of aromatic nitrogens is 3. The van der Waals surface area contributed by atoms with Gasteiger partial charge < -0.3 is 39.5 Å². The molecule has 0 saturated heterocycles. The maximum atomic E-state index is 13.3. The van der Waals surface area contributed by atoms with E-state index in [-0.39, 0.29) is 55.2 Å². The number of nitrogens with zero attached hydrogens (tertiary/aromatic N) is 5. The number of oxime groups is 1. The molecule has 1 aliphatic heterocycles. The normalized spacial score (nSPS) is 24.8. The molecule has 2 aliphatic carbocycles. The smallest absolute Gasteiger partial charge is 0.361 e. The second kappa shape index (κ2) is 16.3. The summed E-state index contributed by atoms with van der Waals surface area (Å²) in [6, 6.07) is 9.19. The fourth-order valence-electron chi connectivity index (χ4n) is 8.14. The van der Waals surface area contributed by atoms with Crippen molar-refractivity contribution in [3.05, 3.63) is 86.7 Å². The number of ether oxygens (including phenoxy) is 3. The third-order valence-corrected chi connectivity index (χ3v) is 10.6. The first kappa shape index (κ1) is 38.3. The van der Waals surface area contributed by atoms with Crippen molar-refractivity contribution < 1.29 is 54.0 Å². The Labute approximate surface area is 309 Å². The molecular weight excluding hydrogens is 706 g/mol. The van der Waals surface area contributed by atoms with Gasteiger partial charge in [-0.2, -0.15) is 0 Å². The molecule has 288 valence electrons. The van der Waals surface area contributed by atoms with Crippen molar-refractivity contribution in [3.63, 3.8) is 0 Å². The summed E-state index contributed by atoms with van der Waals surface area (Å²) in [5.74, 6) is -5.42. The molecule has 54 heavy (non-hydrogen) atoms. The van der Waals surface area contributed by atoms with E-state index in [2.05, 4.69) is 21.5 Å². The van der Waals surface area contributed by atoms with E-state index in [1.54, 1.807) is 24.3 Å². The third kappa shape index (κ3) is 7.25. The molecule has 0 amide bonds. The molecule has 17 nitrogen and oxygen atoms in total. The highest BCUT2D eigenvalue weighted by molar-refractivity contribution is 6.03. The number of rotatable bonds is 15. The predicted molar refractivity (Wildman–Crippen MR) is 189 cm³/mol. The predicted octanol–water partition coefficient (Wildman–Crippen LogP) is 3.96. The van der Waals surface area contributed by atoms with Crippen molar-refractivity contribution >= 4 is 23.3 Å². The molecule has 2 heterocycles. The fourth-order valence-corrected chi connectivity index (χ4v) is 8.14. The molecule has 6 atom stereocenters. The van der Waals surface area contributed by atoms with Crippen LogP contribution in [0.4, 0.5) is 5.69 Å². The lowest BCUT2D eigenvalue weighted by Gasteiger charge is -2.56. The van der Waals surface area contributed by atoms with E-state index < -0.39 is 46.2 Å². The van der Waals surface area contributed by atoms with Crippen molar-refractivity contribution in [3.8, 4) is 11.5 Å². The zero-order valence-corrected chi connectivity index (χ0v) is 29.9. The van der Waals surface area contributed by atoms with Crippen LogP contribution in [0.15, 0.2) is 59.3 Å². The number of hydrogen-bond acceptors (Lipinski definition) is 15. The van der Waals surface area contributed by atoms with E-state index in [4.69, 9.17) is 19.0 Å². The number of fused-ring (bicyclic) bond motifs is 2. The summed E-state index contributed by atoms with van der Waals surface area (Å²) in [4.78, 5) is 42.6. The largest absolute Gasteiger partial charge is 0.508 e. The molecule has 3 aliphatic rings. The van der Waals surface area contributed by atoms with Crippen LogP contribution in [0.1, 0.15) is 89.0 Å². The number of nitro groups is 1. The second-order valence-electron chi connectivity index (χ2n) is 13.6. The van der Waals surface area contributed by atoms with Crippen LogP contribution in [0, 0.1) is 27.9 Å². The topological polar surface area (TPSA) is 238 Å². The number of allylic oxidation sites excluding steroid dienone is 1. The first-order valence-electron chi connectivity index (χ1n) is 17.8. The summed E-state index contributed by atoms with van der Waals surface area (Å²) in [6.07, 6.45) is 5.73. The summed E-state index contributed by atoms with van der Waals surface area (Å²) in [5.41, 5.74) is 1.34. The van der Waals surface area contributed by atoms with Crippen LogP contribution in [0.25, 0.3) is 0 Å². The lowest BCUT2D eigenvalue weighted by molar-refractivity contribution is -0.384. The Kier molecular flexibility index (Phi) is 11.6. The Morgan fingerprint density at radius 2 is 1.74 bits per heavy atom. The van der Waals surface area contributed by atoms with E-state index in [1.807, 2.05) is 0 Å². The average Bonchev–Trinajstić information content (AvgIpc) is 3.61. The molecule has 2 aromatic carbocycles. The molecule has 6 unspecified atom stereocenters. The van der Waals surface area contributed by atoms with Crippen LogP contribution in [-0.4, -0.2) is 91.2 Å². The van der Waals surface area contributed by atoms with Gasteiger partial charge in [0.25, 0.3) is 5.69 Å². The number of esters is 2. The minimum atomic E-state index is -2.15. The maximum absolute atomic E-state index is 13.3. The van der Waals surface area contributed by atoms with Crippen LogP contribution in [0.2, 0.25) is 0 Å². The summed E-state index contributed by atoms with van der Waals surface area (Å²) >= 11 is 0. The Balaban J connectivity index is 1.54. The number of non-ortho nitro benzene ring substituents is 1. The summed E-state index contributed by atoms with van der Waals surface area (Å²) in [6.45, 7) is -0.0384. The van der Waals surface area contributed by atoms with Gasteiger partial charge in [0.2, 0.25) is 11.5 Å². The molecule has 4 N–H and O–H groups in total. The number of hydrogen-bond donors (Lipinski definition) is 4. The first-order chi connectivity index (χ1) is 26.1. The Morgan fingerprint density at radius 1 is 1.04 bits per heavy atom. The highest BCUT2D eigenvalue weighted by Gasteiger charge is 2.64. The number of methoxy groups -OCH3 is 2. The van der Waals surface area contributed by atoms with E-state index in [0.717, 1.165) is 18.9 Å². The minimum absolute atomic E-state index is 0.00236. The number of aromatic hydroxyl groups is 1. The van der Waals surface area contributed by atoms with Gasteiger partial charge in [0.15, 0.2) is 5.69 Å². The van der Waals surface area contributed by atoms with Gasteiger partial charge >= 0.3 is 11.9 Å². The fraction of sp³-hybridized carbons (Fsp3) is 0.486. The van der Waals surface area contributed by atoms with Crippen molar-refractivity contribution in [2.24, 2.45) is 22.9 Å². The zero-order chi connectivity index (χ0) is 38.6. The number of carbonyl (C=O) groups is 2. The van der Waals surface area contributed by atoms with Gasteiger partial charge in [-0.25, -0.2) is 14.3 Å². The van der Waals surface area contributed by atoms with Crippen LogP contribution in [-0.2, 0) is 20.9 Å². The van der Waals surface area contributed by atoms with Gasteiger partial charge in [-0.1, -0.05) is 29.3 Å². The molecule has 6 rings (SSSR count). The monoisotopic (exact) mass is 749 g/mol. The van der Waals surface area contributed by atoms with E-state index in [1.165, 1.54) is 18.2 Å². The van der Waals surface area contributed by atoms with Gasteiger partial charge in [0.1, 0.15) is 24.1 Å². The van der Waals surface area contributed by atoms with Crippen molar-refractivity contribution in [1.82, 2.24) is 15.0 Å². The number of phenolic OH excluding ortho intramolecular Hbond substituents is 1. The van der Waals surface area contributed by atoms with Crippen molar-refractivity contribution in [1.29, 1.82) is 0 Å². The third-order valence-electron chi connectivity index (χ3n) is 10.6. The van der Waals surface area contributed by atoms with Crippen LogP contribution in [0.3, 0.4) is 0 Å². The van der Waals surface area contributed by atoms with Gasteiger partial charge in [-0.15, -0.1) is 5.10 Å². The molecule has 0 bridgehead atoms. The number of aliphatic hydroxyl groups is 3. The molecule has 1 saturated carbocycles. The number of nitro benzene ring substituents is 1. The highest BCUT2D eigenvalue weighted by Crippen LogP contribution is 2.62. The Bertz CT molecular complexity index is 1930. The van der Waals surface area contributed by atoms with Gasteiger partial charge in [0.05, 0.1) is 30.8 Å². The Morgan fingerprint density at radius 3 is 2.41 bits per heavy atom. The summed E-state index contributed by atoms with van der Waals surface area (Å²) in [5, 5.41) is 67.0. The molecular formula is C37H43N5O12. The number of carbonyl (C=O) groups excluding carboxylic acids is 2. The lowest BCUT2D eigenvalue weighted by Crippen LogP contribution is -2.62. The molecule has 3 aromatic rings.